The lowest BCUT2D eigenvalue weighted by atomic mass is 10.1. The van der Waals surface area contributed by atoms with E-state index >= 15 is 0 Å². The van der Waals surface area contributed by atoms with Crippen LogP contribution in [0.4, 0.5) is 0 Å². The van der Waals surface area contributed by atoms with Gasteiger partial charge in [0.25, 0.3) is 0 Å². The van der Waals surface area contributed by atoms with Crippen molar-refractivity contribution in [2.45, 2.75) is 58.1 Å². The number of rotatable bonds is 7. The van der Waals surface area contributed by atoms with Crippen LogP contribution in [0.3, 0.4) is 0 Å². The van der Waals surface area contributed by atoms with E-state index in [1.807, 2.05) is 22.2 Å². The van der Waals surface area contributed by atoms with Gasteiger partial charge in [0.1, 0.15) is 0 Å². The van der Waals surface area contributed by atoms with E-state index in [1.54, 1.807) is 11.3 Å². The predicted molar refractivity (Wildman–Crippen MR) is 119 cm³/mol. The molecule has 1 aliphatic carbocycles. The monoisotopic (exact) mass is 491 g/mol. The maximum absolute atomic E-state index is 6.02. The normalized spacial score (nSPS) is 16.3. The van der Waals surface area contributed by atoms with E-state index in [2.05, 4.69) is 27.5 Å². The van der Waals surface area contributed by atoms with Gasteiger partial charge in [-0.3, -0.25) is 4.40 Å². The molecule has 0 spiro atoms. The Morgan fingerprint density at radius 1 is 1.31 bits per heavy atom. The summed E-state index contributed by atoms with van der Waals surface area (Å²) in [5, 5.41) is 8.67. The second kappa shape index (κ2) is 11.8. The summed E-state index contributed by atoms with van der Waals surface area (Å²) in [5.41, 5.74) is 0.985. The Labute approximate surface area is 176 Å². The largest absolute Gasteiger partial charge is 0.376 e. The van der Waals surface area contributed by atoms with Crippen LogP contribution >= 0.6 is 35.3 Å². The van der Waals surface area contributed by atoms with Gasteiger partial charge >= 0.3 is 0 Å². The molecular formula is C18H30IN5OS. The second-order valence-corrected chi connectivity index (χ2v) is 7.30. The van der Waals surface area contributed by atoms with E-state index in [4.69, 9.17) is 4.74 Å². The SMILES string of the molecule is CCNC(=NCc1cn2ccsc2n1)NCCOC1CCCCCC1.I. The van der Waals surface area contributed by atoms with E-state index in [0.29, 0.717) is 12.6 Å². The van der Waals surface area contributed by atoms with Gasteiger partial charge in [0.15, 0.2) is 10.9 Å². The summed E-state index contributed by atoms with van der Waals surface area (Å²) >= 11 is 1.64. The van der Waals surface area contributed by atoms with Crippen molar-refractivity contribution in [3.63, 3.8) is 0 Å². The summed E-state index contributed by atoms with van der Waals surface area (Å²) in [7, 11) is 0. The first-order chi connectivity index (χ1) is 12.3. The Balaban J connectivity index is 0.00000243. The molecule has 0 aromatic carbocycles. The quantitative estimate of drug-likeness (QED) is 0.203. The van der Waals surface area contributed by atoms with Gasteiger partial charge in [0, 0.05) is 30.9 Å². The fraction of sp³-hybridized carbons (Fsp3) is 0.667. The lowest BCUT2D eigenvalue weighted by Crippen LogP contribution is -2.39. The average Bonchev–Trinajstić information content (AvgIpc) is 3.10. The van der Waals surface area contributed by atoms with Crippen molar-refractivity contribution in [1.29, 1.82) is 0 Å². The molecule has 0 unspecified atom stereocenters. The number of nitrogens with one attached hydrogen (secondary N) is 2. The van der Waals surface area contributed by atoms with E-state index < -0.39 is 0 Å². The highest BCUT2D eigenvalue weighted by molar-refractivity contribution is 14.0. The summed E-state index contributed by atoms with van der Waals surface area (Å²) in [6.07, 6.45) is 12.3. The number of halogens is 1. The summed E-state index contributed by atoms with van der Waals surface area (Å²) in [5.74, 6) is 0.823. The minimum Gasteiger partial charge on any atom is -0.376 e. The molecule has 0 bridgehead atoms. The highest BCUT2D eigenvalue weighted by atomic mass is 127. The number of hydrogen-bond acceptors (Lipinski definition) is 4. The first kappa shape index (κ1) is 21.4. The molecule has 0 atom stereocenters. The Hall–Kier alpha value is -0.870. The van der Waals surface area contributed by atoms with Crippen LogP contribution in [0.2, 0.25) is 0 Å². The maximum atomic E-state index is 6.02. The van der Waals surface area contributed by atoms with Gasteiger partial charge in [-0.15, -0.1) is 35.3 Å². The van der Waals surface area contributed by atoms with Crippen LogP contribution in [-0.4, -0.2) is 41.1 Å². The third-order valence-corrected chi connectivity index (χ3v) is 5.21. The van der Waals surface area contributed by atoms with E-state index in [0.717, 1.165) is 36.3 Å². The predicted octanol–water partition coefficient (Wildman–Crippen LogP) is 3.81. The fourth-order valence-corrected chi connectivity index (χ4v) is 3.88. The topological polar surface area (TPSA) is 63.0 Å². The molecule has 0 amide bonds. The first-order valence-electron chi connectivity index (χ1n) is 9.40. The summed E-state index contributed by atoms with van der Waals surface area (Å²) in [6.45, 7) is 5.00. The Morgan fingerprint density at radius 3 is 2.85 bits per heavy atom. The minimum absolute atomic E-state index is 0. The van der Waals surface area contributed by atoms with Crippen LogP contribution in [0.5, 0.6) is 0 Å². The molecule has 2 aromatic rings. The van der Waals surface area contributed by atoms with Crippen molar-refractivity contribution in [3.8, 4) is 0 Å². The lowest BCUT2D eigenvalue weighted by Gasteiger charge is -2.16. The van der Waals surface area contributed by atoms with Crippen LogP contribution in [-0.2, 0) is 11.3 Å². The Bertz CT molecular complexity index is 635. The molecule has 26 heavy (non-hydrogen) atoms. The molecule has 146 valence electrons. The number of aliphatic imine (C=N–C) groups is 1. The van der Waals surface area contributed by atoms with Crippen molar-refractivity contribution in [1.82, 2.24) is 20.0 Å². The zero-order chi connectivity index (χ0) is 17.3. The number of nitrogens with zero attached hydrogens (tertiary/aromatic N) is 3. The fourth-order valence-electron chi connectivity index (χ4n) is 3.16. The van der Waals surface area contributed by atoms with Gasteiger partial charge in [-0.2, -0.15) is 0 Å². The second-order valence-electron chi connectivity index (χ2n) is 6.43. The number of imidazole rings is 1. The maximum Gasteiger partial charge on any atom is 0.193 e. The highest BCUT2D eigenvalue weighted by Crippen LogP contribution is 2.19. The molecule has 1 fully saturated rings. The molecule has 2 heterocycles. The molecule has 2 aromatic heterocycles. The van der Waals surface area contributed by atoms with Crippen LogP contribution in [0.25, 0.3) is 4.96 Å². The van der Waals surface area contributed by atoms with Gasteiger partial charge in [-0.25, -0.2) is 9.98 Å². The molecule has 0 aliphatic heterocycles. The standard InChI is InChI=1S/C18H29N5OS.HI/c1-2-19-17(20-9-11-24-16-7-5-3-4-6-8-16)21-13-15-14-23-10-12-25-18(23)22-15;/h10,12,14,16H,2-9,11,13H2,1H3,(H2,19,20,21);1H. The van der Waals surface area contributed by atoms with Crippen LogP contribution < -0.4 is 10.6 Å². The van der Waals surface area contributed by atoms with Gasteiger partial charge in [0.2, 0.25) is 0 Å². The molecule has 0 saturated heterocycles. The van der Waals surface area contributed by atoms with Crippen molar-refractivity contribution in [2.75, 3.05) is 19.7 Å². The van der Waals surface area contributed by atoms with E-state index in [-0.39, 0.29) is 24.0 Å². The molecule has 1 aliphatic rings. The summed E-state index contributed by atoms with van der Waals surface area (Å²) < 4.78 is 8.06. The minimum atomic E-state index is 0. The van der Waals surface area contributed by atoms with Gasteiger partial charge in [0.05, 0.1) is 24.9 Å². The number of aromatic nitrogens is 2. The highest BCUT2D eigenvalue weighted by Gasteiger charge is 2.12. The number of hydrogen-bond donors (Lipinski definition) is 2. The molecular weight excluding hydrogens is 461 g/mol. The van der Waals surface area contributed by atoms with Crippen molar-refractivity contribution in [3.05, 3.63) is 23.5 Å². The van der Waals surface area contributed by atoms with Crippen molar-refractivity contribution >= 4 is 46.2 Å². The lowest BCUT2D eigenvalue weighted by molar-refractivity contribution is 0.0468. The van der Waals surface area contributed by atoms with Crippen molar-refractivity contribution in [2.24, 2.45) is 4.99 Å². The van der Waals surface area contributed by atoms with Crippen molar-refractivity contribution < 1.29 is 4.74 Å². The van der Waals surface area contributed by atoms with Gasteiger partial charge in [-0.1, -0.05) is 25.7 Å². The van der Waals surface area contributed by atoms with Gasteiger partial charge in [-0.05, 0) is 19.8 Å². The van der Waals surface area contributed by atoms with E-state index in [1.165, 1.54) is 38.5 Å². The van der Waals surface area contributed by atoms with Crippen LogP contribution in [0.15, 0.2) is 22.8 Å². The summed E-state index contributed by atoms with van der Waals surface area (Å²) in [4.78, 5) is 10.2. The molecule has 2 N–H and O–H groups in total. The van der Waals surface area contributed by atoms with Gasteiger partial charge < -0.3 is 15.4 Å². The van der Waals surface area contributed by atoms with Crippen LogP contribution in [0, 0.1) is 0 Å². The number of thiazole rings is 1. The van der Waals surface area contributed by atoms with E-state index in [9.17, 15) is 0 Å². The smallest absolute Gasteiger partial charge is 0.193 e. The number of guanidine groups is 1. The zero-order valence-corrected chi connectivity index (χ0v) is 18.6. The molecule has 3 rings (SSSR count). The third-order valence-electron chi connectivity index (χ3n) is 4.44. The molecule has 1 saturated carbocycles. The third kappa shape index (κ3) is 6.70. The summed E-state index contributed by atoms with van der Waals surface area (Å²) in [6, 6.07) is 0. The molecule has 0 radical (unpaired) electrons. The van der Waals surface area contributed by atoms with Crippen LogP contribution in [0.1, 0.15) is 51.1 Å². The first-order valence-corrected chi connectivity index (χ1v) is 10.3. The molecule has 6 nitrogen and oxygen atoms in total. The number of ether oxygens (including phenoxy) is 1. The molecule has 8 heteroatoms. The Kier molecular flexibility index (Phi) is 9.69. The average molecular weight is 491 g/mol. The Morgan fingerprint density at radius 2 is 2.12 bits per heavy atom. The zero-order valence-electron chi connectivity index (χ0n) is 15.4. The number of fused-ring (bicyclic) bond motifs is 1.